The van der Waals surface area contributed by atoms with Crippen LogP contribution < -0.4 is 0 Å². The minimum atomic E-state index is -0.181. The highest BCUT2D eigenvalue weighted by Gasteiger charge is 2.12. The zero-order chi connectivity index (χ0) is 14.9. The molecule has 1 heterocycles. The number of imidazole rings is 1. The number of nitrogens with zero attached hydrogens (tertiary/aromatic N) is 3. The molecule has 0 amide bonds. The maximum Gasteiger partial charge on any atom is 0.320 e. The minimum Gasteiger partial charge on any atom is -0.465 e. The smallest absolute Gasteiger partial charge is 0.320 e. The molecule has 0 saturated heterocycles. The Balaban J connectivity index is 1.94. The molecule has 0 aliphatic heterocycles. The average Bonchev–Trinajstić information content (AvgIpc) is 2.99. The van der Waals surface area contributed by atoms with Crippen molar-refractivity contribution >= 4 is 5.97 Å². The standard InChI is InChI=1S/C16H21N3O2/c1-2-21-16(20)13-19(11-10-18-9-8-17-14-18)12-15-6-4-3-5-7-15/h3-9,14H,2,10-13H2,1H3. The van der Waals surface area contributed by atoms with Crippen molar-refractivity contribution in [2.75, 3.05) is 19.7 Å². The number of carbonyl (C=O) groups excluding carboxylic acids is 1. The summed E-state index contributed by atoms with van der Waals surface area (Å²) in [5.41, 5.74) is 1.19. The highest BCUT2D eigenvalue weighted by Crippen LogP contribution is 2.05. The summed E-state index contributed by atoms with van der Waals surface area (Å²) in [6, 6.07) is 10.1. The van der Waals surface area contributed by atoms with Gasteiger partial charge in [-0.3, -0.25) is 9.69 Å². The number of aromatic nitrogens is 2. The third-order valence-corrected chi connectivity index (χ3v) is 3.14. The van der Waals surface area contributed by atoms with Crippen molar-refractivity contribution in [2.45, 2.75) is 20.0 Å². The number of carbonyl (C=O) groups is 1. The van der Waals surface area contributed by atoms with Gasteiger partial charge in [-0.1, -0.05) is 30.3 Å². The van der Waals surface area contributed by atoms with Gasteiger partial charge in [0.1, 0.15) is 0 Å². The van der Waals surface area contributed by atoms with E-state index in [1.807, 2.05) is 35.9 Å². The summed E-state index contributed by atoms with van der Waals surface area (Å²) < 4.78 is 7.05. The van der Waals surface area contributed by atoms with Crippen LogP contribution in [0.25, 0.3) is 0 Å². The van der Waals surface area contributed by atoms with Crippen molar-refractivity contribution in [3.8, 4) is 0 Å². The van der Waals surface area contributed by atoms with Gasteiger partial charge in [-0.2, -0.15) is 0 Å². The fraction of sp³-hybridized carbons (Fsp3) is 0.375. The van der Waals surface area contributed by atoms with E-state index in [1.165, 1.54) is 5.56 Å². The largest absolute Gasteiger partial charge is 0.465 e. The summed E-state index contributed by atoms with van der Waals surface area (Å²) in [4.78, 5) is 17.8. The molecule has 0 unspecified atom stereocenters. The lowest BCUT2D eigenvalue weighted by molar-refractivity contribution is -0.144. The zero-order valence-electron chi connectivity index (χ0n) is 12.3. The second kappa shape index (κ2) is 8.21. The third kappa shape index (κ3) is 5.39. The van der Waals surface area contributed by atoms with E-state index in [0.29, 0.717) is 13.2 Å². The normalized spacial score (nSPS) is 10.8. The fourth-order valence-electron chi connectivity index (χ4n) is 2.12. The quantitative estimate of drug-likeness (QED) is 0.696. The first kappa shape index (κ1) is 15.3. The van der Waals surface area contributed by atoms with E-state index >= 15 is 0 Å². The summed E-state index contributed by atoms with van der Waals surface area (Å²) in [6.07, 6.45) is 5.46. The highest BCUT2D eigenvalue weighted by atomic mass is 16.5. The molecule has 0 spiro atoms. The van der Waals surface area contributed by atoms with Gasteiger partial charge >= 0.3 is 5.97 Å². The zero-order valence-corrected chi connectivity index (χ0v) is 12.3. The van der Waals surface area contributed by atoms with Crippen LogP contribution in [0, 0.1) is 0 Å². The average molecular weight is 287 g/mol. The van der Waals surface area contributed by atoms with Gasteiger partial charge in [-0.05, 0) is 12.5 Å². The predicted octanol–water partition coefficient (Wildman–Crippen LogP) is 1.95. The van der Waals surface area contributed by atoms with Crippen LogP contribution in [0.1, 0.15) is 12.5 Å². The number of hydrogen-bond acceptors (Lipinski definition) is 4. The van der Waals surface area contributed by atoms with Crippen molar-refractivity contribution in [2.24, 2.45) is 0 Å². The molecule has 5 heteroatoms. The monoisotopic (exact) mass is 287 g/mol. The molecule has 0 aliphatic carbocycles. The lowest BCUT2D eigenvalue weighted by Gasteiger charge is -2.21. The predicted molar refractivity (Wildman–Crippen MR) is 80.6 cm³/mol. The number of ether oxygens (including phenoxy) is 1. The van der Waals surface area contributed by atoms with Crippen molar-refractivity contribution < 1.29 is 9.53 Å². The van der Waals surface area contributed by atoms with Gasteiger partial charge in [0, 0.05) is 32.0 Å². The van der Waals surface area contributed by atoms with Crippen molar-refractivity contribution in [3.05, 3.63) is 54.6 Å². The second-order valence-corrected chi connectivity index (χ2v) is 4.80. The molecule has 1 aromatic carbocycles. The fourth-order valence-corrected chi connectivity index (χ4v) is 2.12. The molecule has 0 radical (unpaired) electrons. The molecule has 1 aromatic heterocycles. The van der Waals surface area contributed by atoms with E-state index in [-0.39, 0.29) is 5.97 Å². The Labute approximate surface area is 125 Å². The van der Waals surface area contributed by atoms with Gasteiger partial charge in [0.05, 0.1) is 19.5 Å². The molecule has 0 aliphatic rings. The Kier molecular flexibility index (Phi) is 5.97. The van der Waals surface area contributed by atoms with Crippen LogP contribution in [-0.2, 0) is 22.6 Å². The minimum absolute atomic E-state index is 0.181. The first-order valence-electron chi connectivity index (χ1n) is 7.15. The maximum atomic E-state index is 11.7. The molecule has 0 bridgehead atoms. The van der Waals surface area contributed by atoms with Crippen LogP contribution in [0.5, 0.6) is 0 Å². The number of hydrogen-bond donors (Lipinski definition) is 0. The molecule has 2 rings (SSSR count). The first-order chi connectivity index (χ1) is 10.3. The Morgan fingerprint density at radius 1 is 1.33 bits per heavy atom. The second-order valence-electron chi connectivity index (χ2n) is 4.80. The number of rotatable bonds is 8. The molecule has 0 N–H and O–H groups in total. The molecule has 21 heavy (non-hydrogen) atoms. The van der Waals surface area contributed by atoms with Crippen LogP contribution in [0.15, 0.2) is 49.1 Å². The van der Waals surface area contributed by atoms with Gasteiger partial charge in [0.25, 0.3) is 0 Å². The van der Waals surface area contributed by atoms with Crippen molar-refractivity contribution in [1.82, 2.24) is 14.5 Å². The SMILES string of the molecule is CCOC(=O)CN(CCn1ccnc1)Cc1ccccc1. The summed E-state index contributed by atoms with van der Waals surface area (Å²) in [5, 5.41) is 0. The van der Waals surface area contributed by atoms with Gasteiger partial charge in [0.15, 0.2) is 0 Å². The summed E-state index contributed by atoms with van der Waals surface area (Å²) in [7, 11) is 0. The van der Waals surface area contributed by atoms with Gasteiger partial charge in [-0.25, -0.2) is 4.98 Å². The van der Waals surface area contributed by atoms with Gasteiger partial charge in [0.2, 0.25) is 0 Å². The number of esters is 1. The van der Waals surface area contributed by atoms with E-state index in [2.05, 4.69) is 22.0 Å². The molecule has 5 nitrogen and oxygen atoms in total. The Hall–Kier alpha value is -2.14. The van der Waals surface area contributed by atoms with Crippen LogP contribution in [0.4, 0.5) is 0 Å². The van der Waals surface area contributed by atoms with E-state index < -0.39 is 0 Å². The molecule has 0 saturated carbocycles. The molecule has 112 valence electrons. The van der Waals surface area contributed by atoms with Gasteiger partial charge < -0.3 is 9.30 Å². The molecule has 0 fully saturated rings. The Bertz CT molecular complexity index is 526. The van der Waals surface area contributed by atoms with Crippen molar-refractivity contribution in [1.29, 1.82) is 0 Å². The Morgan fingerprint density at radius 3 is 2.81 bits per heavy atom. The third-order valence-electron chi connectivity index (χ3n) is 3.14. The maximum absolute atomic E-state index is 11.7. The number of benzene rings is 1. The lowest BCUT2D eigenvalue weighted by Crippen LogP contribution is -2.33. The highest BCUT2D eigenvalue weighted by molar-refractivity contribution is 5.71. The molecule has 0 atom stereocenters. The Morgan fingerprint density at radius 2 is 2.14 bits per heavy atom. The molecular weight excluding hydrogens is 266 g/mol. The topological polar surface area (TPSA) is 47.4 Å². The van der Waals surface area contributed by atoms with Crippen LogP contribution in [0.3, 0.4) is 0 Å². The molecule has 2 aromatic rings. The van der Waals surface area contributed by atoms with Gasteiger partial charge in [-0.15, -0.1) is 0 Å². The van der Waals surface area contributed by atoms with E-state index in [1.54, 1.807) is 12.5 Å². The molecular formula is C16H21N3O2. The van der Waals surface area contributed by atoms with Crippen LogP contribution in [-0.4, -0.2) is 40.1 Å². The first-order valence-corrected chi connectivity index (χ1v) is 7.15. The summed E-state index contributed by atoms with van der Waals surface area (Å²) in [6.45, 7) is 4.84. The van der Waals surface area contributed by atoms with E-state index in [0.717, 1.165) is 19.6 Å². The van der Waals surface area contributed by atoms with Crippen molar-refractivity contribution in [3.63, 3.8) is 0 Å². The van der Waals surface area contributed by atoms with E-state index in [4.69, 9.17) is 4.74 Å². The summed E-state index contributed by atoms with van der Waals surface area (Å²) >= 11 is 0. The van der Waals surface area contributed by atoms with Crippen LogP contribution in [0.2, 0.25) is 0 Å². The lowest BCUT2D eigenvalue weighted by atomic mass is 10.2. The van der Waals surface area contributed by atoms with E-state index in [9.17, 15) is 4.79 Å². The van der Waals surface area contributed by atoms with Crippen LogP contribution >= 0.6 is 0 Å². The summed E-state index contributed by atoms with van der Waals surface area (Å²) in [5.74, 6) is -0.181.